The summed E-state index contributed by atoms with van der Waals surface area (Å²) in [5.41, 5.74) is 2.69. The van der Waals surface area contributed by atoms with Gasteiger partial charge < -0.3 is 14.9 Å². The summed E-state index contributed by atoms with van der Waals surface area (Å²) >= 11 is 0. The second kappa shape index (κ2) is 6.97. The van der Waals surface area contributed by atoms with E-state index in [1.54, 1.807) is 6.20 Å². The third-order valence-electron chi connectivity index (χ3n) is 5.25. The number of piperidine rings is 2. The summed E-state index contributed by atoms with van der Waals surface area (Å²) in [7, 11) is 0. The van der Waals surface area contributed by atoms with Crippen molar-refractivity contribution < 1.29 is 9.90 Å². The van der Waals surface area contributed by atoms with Gasteiger partial charge in [-0.2, -0.15) is 0 Å². The Morgan fingerprint density at radius 1 is 1.13 bits per heavy atom. The third-order valence-corrected chi connectivity index (χ3v) is 5.25. The first kappa shape index (κ1) is 16.4. The quantitative estimate of drug-likeness (QED) is 0.903. The third kappa shape index (κ3) is 3.72. The molecule has 5 heteroatoms. The number of rotatable bonds is 2. The molecule has 126 valence electrons. The van der Waals surface area contributed by atoms with Gasteiger partial charge in [-0.25, -0.2) is 0 Å². The van der Waals surface area contributed by atoms with Crippen molar-refractivity contribution in [1.82, 2.24) is 14.8 Å². The topological polar surface area (TPSA) is 56.7 Å². The van der Waals surface area contributed by atoms with E-state index >= 15 is 0 Å². The molecule has 3 heterocycles. The number of aliphatic hydroxyl groups excluding tert-OH is 1. The van der Waals surface area contributed by atoms with E-state index in [-0.39, 0.29) is 12.0 Å². The number of carbonyl (C=O) groups is 1. The summed E-state index contributed by atoms with van der Waals surface area (Å²) in [6, 6.07) is 2.53. The molecule has 0 atom stereocenters. The highest BCUT2D eigenvalue weighted by Gasteiger charge is 2.29. The summed E-state index contributed by atoms with van der Waals surface area (Å²) in [5.74, 6) is 0.113. The lowest BCUT2D eigenvalue weighted by molar-refractivity contribution is 0.0356. The smallest absolute Gasteiger partial charge is 0.255 e. The van der Waals surface area contributed by atoms with Crippen molar-refractivity contribution in [3.63, 3.8) is 0 Å². The van der Waals surface area contributed by atoms with E-state index in [1.165, 1.54) is 0 Å². The van der Waals surface area contributed by atoms with E-state index in [4.69, 9.17) is 0 Å². The van der Waals surface area contributed by atoms with Crippen molar-refractivity contribution >= 4 is 5.91 Å². The van der Waals surface area contributed by atoms with Crippen LogP contribution < -0.4 is 0 Å². The van der Waals surface area contributed by atoms with E-state index < -0.39 is 0 Å². The molecule has 1 N–H and O–H groups in total. The first-order valence-electron chi connectivity index (χ1n) is 8.69. The lowest BCUT2D eigenvalue weighted by Gasteiger charge is -2.41. The Morgan fingerprint density at radius 2 is 1.78 bits per heavy atom. The number of carbonyl (C=O) groups excluding carboxylic acids is 1. The lowest BCUT2D eigenvalue weighted by Crippen LogP contribution is -2.49. The average Bonchev–Trinajstić information content (AvgIpc) is 2.55. The number of amides is 1. The van der Waals surface area contributed by atoms with Crippen molar-refractivity contribution in [2.45, 2.75) is 51.7 Å². The molecule has 0 aromatic carbocycles. The minimum Gasteiger partial charge on any atom is -0.393 e. The van der Waals surface area contributed by atoms with E-state index in [1.807, 2.05) is 24.8 Å². The largest absolute Gasteiger partial charge is 0.393 e. The van der Waals surface area contributed by atoms with Gasteiger partial charge in [0.15, 0.2) is 0 Å². The number of hydrogen-bond donors (Lipinski definition) is 1. The van der Waals surface area contributed by atoms with Gasteiger partial charge >= 0.3 is 0 Å². The lowest BCUT2D eigenvalue weighted by atomic mass is 9.98. The Hall–Kier alpha value is -1.46. The zero-order chi connectivity index (χ0) is 16.4. The standard InChI is InChI=1S/C18H27N3O2/c1-13-11-14(2)19-12-17(13)18(23)21-7-3-15(4-8-21)20-9-5-16(22)6-10-20/h11-12,15-16,22H,3-10H2,1-2H3. The summed E-state index contributed by atoms with van der Waals surface area (Å²) in [6.07, 6.45) is 5.41. The van der Waals surface area contributed by atoms with Crippen LogP contribution in [0.15, 0.2) is 12.3 Å². The Morgan fingerprint density at radius 3 is 2.39 bits per heavy atom. The van der Waals surface area contributed by atoms with Crippen molar-refractivity contribution in [2.75, 3.05) is 26.2 Å². The van der Waals surface area contributed by atoms with Crippen LogP contribution in [0.1, 0.15) is 47.3 Å². The van der Waals surface area contributed by atoms with Crippen LogP contribution in [0, 0.1) is 13.8 Å². The zero-order valence-electron chi connectivity index (χ0n) is 14.2. The molecule has 1 aromatic heterocycles. The van der Waals surface area contributed by atoms with Crippen molar-refractivity contribution in [1.29, 1.82) is 0 Å². The van der Waals surface area contributed by atoms with Crippen LogP contribution in [0.3, 0.4) is 0 Å². The molecule has 2 aliphatic heterocycles. The highest BCUT2D eigenvalue weighted by molar-refractivity contribution is 5.95. The average molecular weight is 317 g/mol. The normalized spacial score (nSPS) is 21.6. The molecule has 0 radical (unpaired) electrons. The fourth-order valence-corrected chi connectivity index (χ4v) is 3.78. The fourth-order valence-electron chi connectivity index (χ4n) is 3.78. The Labute approximate surface area is 138 Å². The van der Waals surface area contributed by atoms with Gasteiger partial charge in [0.1, 0.15) is 0 Å². The molecule has 0 saturated carbocycles. The number of hydrogen-bond acceptors (Lipinski definition) is 4. The van der Waals surface area contributed by atoms with Gasteiger partial charge in [-0.05, 0) is 51.2 Å². The van der Waals surface area contributed by atoms with Crippen LogP contribution in [0.5, 0.6) is 0 Å². The summed E-state index contributed by atoms with van der Waals surface area (Å²) in [4.78, 5) is 21.4. The van der Waals surface area contributed by atoms with Crippen LogP contribution in [-0.2, 0) is 0 Å². The molecule has 0 spiro atoms. The minimum absolute atomic E-state index is 0.113. The van der Waals surface area contributed by atoms with E-state index in [0.29, 0.717) is 6.04 Å². The van der Waals surface area contributed by atoms with Crippen LogP contribution in [0.2, 0.25) is 0 Å². The highest BCUT2D eigenvalue weighted by atomic mass is 16.3. The van der Waals surface area contributed by atoms with Gasteiger partial charge in [-0.1, -0.05) is 0 Å². The maximum absolute atomic E-state index is 12.7. The molecule has 0 aliphatic carbocycles. The molecule has 23 heavy (non-hydrogen) atoms. The van der Waals surface area contributed by atoms with Crippen molar-refractivity contribution in [3.05, 3.63) is 29.1 Å². The highest BCUT2D eigenvalue weighted by Crippen LogP contribution is 2.22. The molecular formula is C18H27N3O2. The Balaban J connectivity index is 1.57. The molecule has 0 bridgehead atoms. The Bertz CT molecular complexity index is 559. The maximum atomic E-state index is 12.7. The second-order valence-corrected chi connectivity index (χ2v) is 6.93. The molecule has 2 aliphatic rings. The van der Waals surface area contributed by atoms with Crippen molar-refractivity contribution in [3.8, 4) is 0 Å². The van der Waals surface area contributed by atoms with Crippen LogP contribution in [-0.4, -0.2) is 64.1 Å². The molecule has 1 aromatic rings. The first-order chi connectivity index (χ1) is 11.0. The number of nitrogens with zero attached hydrogens (tertiary/aromatic N) is 3. The maximum Gasteiger partial charge on any atom is 0.255 e. The first-order valence-corrected chi connectivity index (χ1v) is 8.69. The SMILES string of the molecule is Cc1cc(C)c(C(=O)N2CCC(N3CCC(O)CC3)CC2)cn1. The molecule has 5 nitrogen and oxygen atoms in total. The second-order valence-electron chi connectivity index (χ2n) is 6.93. The summed E-state index contributed by atoms with van der Waals surface area (Å²) in [6.45, 7) is 7.53. The number of likely N-dealkylation sites (tertiary alicyclic amines) is 2. The predicted octanol–water partition coefficient (Wildman–Crippen LogP) is 1.76. The van der Waals surface area contributed by atoms with Crippen LogP contribution >= 0.6 is 0 Å². The Kier molecular flexibility index (Phi) is 4.97. The van der Waals surface area contributed by atoms with Crippen LogP contribution in [0.4, 0.5) is 0 Å². The van der Waals surface area contributed by atoms with E-state index in [0.717, 1.165) is 68.7 Å². The summed E-state index contributed by atoms with van der Waals surface area (Å²) < 4.78 is 0. The number of aliphatic hydroxyl groups is 1. The summed E-state index contributed by atoms with van der Waals surface area (Å²) in [5, 5.41) is 9.63. The zero-order valence-corrected chi connectivity index (χ0v) is 14.2. The number of pyridine rings is 1. The minimum atomic E-state index is -0.120. The van der Waals surface area contributed by atoms with Gasteiger partial charge in [0.25, 0.3) is 5.91 Å². The van der Waals surface area contributed by atoms with Gasteiger partial charge in [0, 0.05) is 44.1 Å². The van der Waals surface area contributed by atoms with E-state index in [2.05, 4.69) is 9.88 Å². The fraction of sp³-hybridized carbons (Fsp3) is 0.667. The van der Waals surface area contributed by atoms with E-state index in [9.17, 15) is 9.90 Å². The number of aryl methyl sites for hydroxylation is 2. The monoisotopic (exact) mass is 317 g/mol. The molecule has 2 saturated heterocycles. The molecule has 0 unspecified atom stereocenters. The van der Waals surface area contributed by atoms with Gasteiger partial charge in [0.05, 0.1) is 11.7 Å². The molecular weight excluding hydrogens is 290 g/mol. The predicted molar refractivity (Wildman–Crippen MR) is 89.5 cm³/mol. The molecule has 3 rings (SSSR count). The molecule has 1 amide bonds. The molecule has 2 fully saturated rings. The van der Waals surface area contributed by atoms with Crippen molar-refractivity contribution in [2.24, 2.45) is 0 Å². The van der Waals surface area contributed by atoms with Gasteiger partial charge in [-0.3, -0.25) is 9.78 Å². The van der Waals surface area contributed by atoms with Gasteiger partial charge in [0.2, 0.25) is 0 Å². The van der Waals surface area contributed by atoms with Gasteiger partial charge in [-0.15, -0.1) is 0 Å². The number of aromatic nitrogens is 1. The van der Waals surface area contributed by atoms with Crippen LogP contribution in [0.25, 0.3) is 0 Å².